The van der Waals surface area contributed by atoms with E-state index in [4.69, 9.17) is 22.1 Å². The standard InChI is InChI=1S/C14H12ClFN2O2/c1-20-8-5-6-11(17)12(7-8)18-14(19)9-3-2-4-10(16)13(9)15/h2-7H,17H2,1H3,(H,18,19). The highest BCUT2D eigenvalue weighted by Gasteiger charge is 2.14. The lowest BCUT2D eigenvalue weighted by Gasteiger charge is -2.11. The molecule has 0 spiro atoms. The molecule has 4 nitrogen and oxygen atoms in total. The van der Waals surface area contributed by atoms with Crippen molar-refractivity contribution in [2.45, 2.75) is 0 Å². The second-order valence-corrected chi connectivity index (χ2v) is 4.39. The first-order valence-corrected chi connectivity index (χ1v) is 6.09. The van der Waals surface area contributed by atoms with Gasteiger partial charge in [-0.25, -0.2) is 4.39 Å². The topological polar surface area (TPSA) is 64.3 Å². The van der Waals surface area contributed by atoms with Crippen LogP contribution in [0.3, 0.4) is 0 Å². The summed E-state index contributed by atoms with van der Waals surface area (Å²) in [5, 5.41) is 2.34. The molecule has 0 bridgehead atoms. The monoisotopic (exact) mass is 294 g/mol. The predicted molar refractivity (Wildman–Crippen MR) is 76.8 cm³/mol. The van der Waals surface area contributed by atoms with Crippen molar-refractivity contribution in [3.63, 3.8) is 0 Å². The Balaban J connectivity index is 2.30. The van der Waals surface area contributed by atoms with Gasteiger partial charge in [0.1, 0.15) is 11.6 Å². The van der Waals surface area contributed by atoms with E-state index in [0.717, 1.165) is 0 Å². The van der Waals surface area contributed by atoms with Crippen LogP contribution >= 0.6 is 11.6 Å². The third-order valence-electron chi connectivity index (χ3n) is 2.70. The summed E-state index contributed by atoms with van der Waals surface area (Å²) >= 11 is 5.76. The van der Waals surface area contributed by atoms with Gasteiger partial charge in [-0.1, -0.05) is 17.7 Å². The Morgan fingerprint density at radius 2 is 2.10 bits per heavy atom. The lowest BCUT2D eigenvalue weighted by Crippen LogP contribution is -2.14. The van der Waals surface area contributed by atoms with Crippen LogP contribution < -0.4 is 15.8 Å². The molecule has 0 radical (unpaired) electrons. The van der Waals surface area contributed by atoms with Crippen LogP contribution in [0.2, 0.25) is 5.02 Å². The van der Waals surface area contributed by atoms with Crippen molar-refractivity contribution >= 4 is 28.9 Å². The predicted octanol–water partition coefficient (Wildman–Crippen LogP) is 3.32. The van der Waals surface area contributed by atoms with Crippen LogP contribution in [-0.4, -0.2) is 13.0 Å². The maximum atomic E-state index is 13.3. The normalized spacial score (nSPS) is 10.2. The molecule has 2 rings (SSSR count). The summed E-state index contributed by atoms with van der Waals surface area (Å²) in [6.07, 6.45) is 0. The molecule has 6 heteroatoms. The van der Waals surface area contributed by atoms with Crippen molar-refractivity contribution in [3.8, 4) is 5.75 Å². The molecular weight excluding hydrogens is 283 g/mol. The van der Waals surface area contributed by atoms with Crippen LogP contribution in [0.4, 0.5) is 15.8 Å². The van der Waals surface area contributed by atoms with Crippen LogP contribution in [0.25, 0.3) is 0 Å². The van der Waals surface area contributed by atoms with Crippen molar-refractivity contribution in [1.82, 2.24) is 0 Å². The quantitative estimate of drug-likeness (QED) is 0.854. The van der Waals surface area contributed by atoms with Crippen LogP contribution in [0.15, 0.2) is 36.4 Å². The van der Waals surface area contributed by atoms with E-state index >= 15 is 0 Å². The van der Waals surface area contributed by atoms with Crippen LogP contribution in [0.1, 0.15) is 10.4 Å². The summed E-state index contributed by atoms with van der Waals surface area (Å²) in [5.41, 5.74) is 6.53. The van der Waals surface area contributed by atoms with Crippen LogP contribution in [-0.2, 0) is 0 Å². The minimum atomic E-state index is -0.655. The molecule has 3 N–H and O–H groups in total. The van der Waals surface area contributed by atoms with Gasteiger partial charge in [-0.15, -0.1) is 0 Å². The Hall–Kier alpha value is -2.27. The van der Waals surface area contributed by atoms with Gasteiger partial charge in [0.25, 0.3) is 5.91 Å². The SMILES string of the molecule is COc1ccc(N)c(NC(=O)c2cccc(F)c2Cl)c1. The van der Waals surface area contributed by atoms with Gasteiger partial charge in [0, 0.05) is 6.07 Å². The minimum absolute atomic E-state index is 0.0360. The highest BCUT2D eigenvalue weighted by Crippen LogP contribution is 2.26. The summed E-state index contributed by atoms with van der Waals surface area (Å²) in [7, 11) is 1.50. The molecule has 1 amide bonds. The van der Waals surface area contributed by atoms with Gasteiger partial charge in [-0.05, 0) is 24.3 Å². The van der Waals surface area contributed by atoms with E-state index in [1.165, 1.54) is 25.3 Å². The molecule has 0 unspecified atom stereocenters. The third kappa shape index (κ3) is 2.83. The number of rotatable bonds is 3. The molecule has 0 aliphatic rings. The van der Waals surface area contributed by atoms with Crippen LogP contribution in [0, 0.1) is 5.82 Å². The van der Waals surface area contributed by atoms with Crippen molar-refractivity contribution < 1.29 is 13.9 Å². The molecule has 0 atom stereocenters. The first-order chi connectivity index (χ1) is 9.52. The third-order valence-corrected chi connectivity index (χ3v) is 3.09. The maximum absolute atomic E-state index is 13.3. The number of anilines is 2. The Morgan fingerprint density at radius 3 is 2.80 bits per heavy atom. The molecule has 0 aliphatic heterocycles. The van der Waals surface area contributed by atoms with E-state index in [0.29, 0.717) is 17.1 Å². The molecule has 0 aromatic heterocycles. The molecule has 2 aromatic carbocycles. The van der Waals surface area contributed by atoms with E-state index in [-0.39, 0.29) is 10.6 Å². The van der Waals surface area contributed by atoms with E-state index in [2.05, 4.69) is 5.32 Å². The number of benzene rings is 2. The van der Waals surface area contributed by atoms with Crippen molar-refractivity contribution in [2.24, 2.45) is 0 Å². The Bertz CT molecular complexity index is 662. The molecule has 104 valence electrons. The molecule has 0 saturated carbocycles. The largest absolute Gasteiger partial charge is 0.497 e. The van der Waals surface area contributed by atoms with Gasteiger partial charge in [0.2, 0.25) is 0 Å². The van der Waals surface area contributed by atoms with Gasteiger partial charge in [0.15, 0.2) is 0 Å². The zero-order valence-electron chi connectivity index (χ0n) is 10.6. The molecular formula is C14H12ClFN2O2. The average Bonchev–Trinajstić information content (AvgIpc) is 2.44. The zero-order chi connectivity index (χ0) is 14.7. The Labute approximate surface area is 120 Å². The average molecular weight is 295 g/mol. The van der Waals surface area contributed by atoms with Gasteiger partial charge in [-0.2, -0.15) is 0 Å². The summed E-state index contributed by atoms with van der Waals surface area (Å²) in [6, 6.07) is 8.85. The van der Waals surface area contributed by atoms with Gasteiger partial charge < -0.3 is 15.8 Å². The van der Waals surface area contributed by atoms with Gasteiger partial charge in [0.05, 0.1) is 29.1 Å². The Morgan fingerprint density at radius 1 is 1.35 bits per heavy atom. The van der Waals surface area contributed by atoms with Crippen molar-refractivity contribution in [2.75, 3.05) is 18.2 Å². The maximum Gasteiger partial charge on any atom is 0.257 e. The number of ether oxygens (including phenoxy) is 1. The number of methoxy groups -OCH3 is 1. The first kappa shape index (κ1) is 14.1. The first-order valence-electron chi connectivity index (χ1n) is 5.72. The number of amides is 1. The molecule has 0 heterocycles. The van der Waals surface area contributed by atoms with Crippen molar-refractivity contribution in [3.05, 3.63) is 52.8 Å². The van der Waals surface area contributed by atoms with Crippen molar-refractivity contribution in [1.29, 1.82) is 0 Å². The molecule has 0 saturated heterocycles. The second-order valence-electron chi connectivity index (χ2n) is 4.01. The summed E-state index contributed by atoms with van der Waals surface area (Å²) in [4.78, 5) is 12.1. The number of hydrogen-bond acceptors (Lipinski definition) is 3. The highest BCUT2D eigenvalue weighted by molar-refractivity contribution is 6.34. The van der Waals surface area contributed by atoms with Gasteiger partial charge >= 0.3 is 0 Å². The molecule has 0 fully saturated rings. The van der Waals surface area contributed by atoms with Gasteiger partial charge in [-0.3, -0.25) is 4.79 Å². The highest BCUT2D eigenvalue weighted by atomic mass is 35.5. The molecule has 2 aromatic rings. The van der Waals surface area contributed by atoms with E-state index in [1.54, 1.807) is 18.2 Å². The second kappa shape index (κ2) is 5.79. The number of carbonyl (C=O) groups excluding carboxylic acids is 1. The number of halogens is 2. The molecule has 20 heavy (non-hydrogen) atoms. The lowest BCUT2D eigenvalue weighted by atomic mass is 10.2. The van der Waals surface area contributed by atoms with Crippen LogP contribution in [0.5, 0.6) is 5.75 Å². The van der Waals surface area contributed by atoms with E-state index < -0.39 is 11.7 Å². The smallest absolute Gasteiger partial charge is 0.257 e. The molecule has 0 aliphatic carbocycles. The number of nitrogens with two attached hydrogens (primary N) is 1. The summed E-state index contributed by atoms with van der Waals surface area (Å²) < 4.78 is 18.4. The van der Waals surface area contributed by atoms with E-state index in [9.17, 15) is 9.18 Å². The number of carbonyl (C=O) groups is 1. The number of nitrogen functional groups attached to an aromatic ring is 1. The zero-order valence-corrected chi connectivity index (χ0v) is 11.4. The number of nitrogens with one attached hydrogen (secondary N) is 1. The van der Waals surface area contributed by atoms with E-state index in [1.807, 2.05) is 0 Å². The fourth-order valence-electron chi connectivity index (χ4n) is 1.64. The summed E-state index contributed by atoms with van der Waals surface area (Å²) in [6.45, 7) is 0. The Kier molecular flexibility index (Phi) is 4.10. The lowest BCUT2D eigenvalue weighted by molar-refractivity contribution is 0.102. The fourth-order valence-corrected chi connectivity index (χ4v) is 1.85. The minimum Gasteiger partial charge on any atom is -0.497 e. The fraction of sp³-hybridized carbons (Fsp3) is 0.0714. The summed E-state index contributed by atoms with van der Waals surface area (Å²) in [5.74, 6) is -0.660. The number of hydrogen-bond donors (Lipinski definition) is 2.